The number of unbranched alkanes of at least 4 members (excludes halogenated alkanes) is 1. The van der Waals surface area contributed by atoms with Gasteiger partial charge in [0.15, 0.2) is 0 Å². The summed E-state index contributed by atoms with van der Waals surface area (Å²) in [5.74, 6) is -0.489. The van der Waals surface area contributed by atoms with Crippen molar-refractivity contribution in [1.29, 1.82) is 0 Å². The molecule has 1 amide bonds. The van der Waals surface area contributed by atoms with Gasteiger partial charge in [0.1, 0.15) is 0 Å². The Balaban J connectivity index is 0.000000815. The van der Waals surface area contributed by atoms with Crippen LogP contribution in [0.2, 0.25) is 0 Å². The third kappa shape index (κ3) is 8.98. The molecule has 10 nitrogen and oxygen atoms in total. The quantitative estimate of drug-likeness (QED) is 0.189. The first-order chi connectivity index (χ1) is 25.3. The summed E-state index contributed by atoms with van der Waals surface area (Å²) >= 11 is 0. The highest BCUT2D eigenvalue weighted by Gasteiger charge is 2.31. The number of fused-ring (bicyclic) bond motifs is 8. The summed E-state index contributed by atoms with van der Waals surface area (Å²) in [6, 6.07) is 6.27. The van der Waals surface area contributed by atoms with Crippen LogP contribution in [0.1, 0.15) is 124 Å². The van der Waals surface area contributed by atoms with Crippen LogP contribution in [0.25, 0.3) is 39.3 Å². The Morgan fingerprint density at radius 3 is 2.19 bits per heavy atom. The van der Waals surface area contributed by atoms with E-state index in [0.29, 0.717) is 48.5 Å². The minimum atomic E-state index is -0.439. The highest BCUT2D eigenvalue weighted by Crippen LogP contribution is 2.37. The Bertz CT molecular complexity index is 2070. The molecule has 0 saturated carbocycles. The van der Waals surface area contributed by atoms with E-state index in [-0.39, 0.29) is 30.8 Å². The lowest BCUT2D eigenvalue weighted by atomic mass is 9.96. The minimum Gasteiger partial charge on any atom is -0.466 e. The third-order valence-corrected chi connectivity index (χ3v) is 10.0. The van der Waals surface area contributed by atoms with E-state index >= 15 is 0 Å². The SMILES string of the molecule is C=Cc1c(C)c2cc3nc(c(CC(=O)N(C)CCCC)c4nc(cc5[nH]c(cc1[nH]2)c(C)c5CC)C(C)=C4C(=O)OCC)CC3C.CCOC(=O)CC. The first-order valence-electron chi connectivity index (χ1n) is 19.0. The van der Waals surface area contributed by atoms with Gasteiger partial charge in [-0.15, -0.1) is 0 Å². The summed E-state index contributed by atoms with van der Waals surface area (Å²) in [6.07, 6.45) is 5.83. The number of H-pyrrole nitrogens is 2. The maximum Gasteiger partial charge on any atom is 0.340 e. The van der Waals surface area contributed by atoms with Crippen molar-refractivity contribution in [2.24, 2.45) is 0 Å². The van der Waals surface area contributed by atoms with E-state index in [0.717, 1.165) is 75.0 Å². The van der Waals surface area contributed by atoms with E-state index < -0.39 is 5.97 Å². The second kappa shape index (κ2) is 18.2. The summed E-state index contributed by atoms with van der Waals surface area (Å²) in [5, 5.41) is 0. The molecule has 5 heterocycles. The molecule has 284 valence electrons. The Hall–Kier alpha value is -4.99. The molecule has 0 fully saturated rings. The summed E-state index contributed by atoms with van der Waals surface area (Å²) < 4.78 is 10.1. The number of aromatic amines is 2. The number of ether oxygens (including phenoxy) is 2. The first kappa shape index (κ1) is 40.8. The number of aryl methyl sites for hydroxylation is 3. The molecule has 8 bridgehead atoms. The van der Waals surface area contributed by atoms with Crippen LogP contribution in [-0.2, 0) is 43.1 Å². The summed E-state index contributed by atoms with van der Waals surface area (Å²) in [7, 11) is 1.84. The molecule has 2 aliphatic rings. The number of rotatable bonds is 11. The monoisotopic (exact) mass is 723 g/mol. The average molecular weight is 724 g/mol. The van der Waals surface area contributed by atoms with Crippen molar-refractivity contribution in [2.45, 2.75) is 107 Å². The molecule has 3 aromatic heterocycles. The van der Waals surface area contributed by atoms with Crippen LogP contribution >= 0.6 is 0 Å². The third-order valence-electron chi connectivity index (χ3n) is 10.0. The van der Waals surface area contributed by atoms with Crippen LogP contribution in [-0.4, -0.2) is 69.5 Å². The number of allylic oxidation sites excluding steroid dienone is 1. The number of esters is 2. The summed E-state index contributed by atoms with van der Waals surface area (Å²) in [6.45, 7) is 23.4. The van der Waals surface area contributed by atoms with Crippen LogP contribution in [0.3, 0.4) is 0 Å². The molecule has 0 saturated heterocycles. The maximum absolute atomic E-state index is 13.7. The van der Waals surface area contributed by atoms with Crippen molar-refractivity contribution in [2.75, 3.05) is 26.8 Å². The number of aromatic nitrogens is 4. The fourth-order valence-electron chi connectivity index (χ4n) is 6.85. The van der Waals surface area contributed by atoms with Gasteiger partial charge in [-0.25, -0.2) is 9.78 Å². The fourth-order valence-corrected chi connectivity index (χ4v) is 6.85. The second-order valence-corrected chi connectivity index (χ2v) is 13.7. The number of likely N-dealkylation sites (N-methyl/N-ethyl adjacent to an activating group) is 1. The van der Waals surface area contributed by atoms with Gasteiger partial charge in [0.2, 0.25) is 5.91 Å². The number of carbonyl (C=O) groups excluding carboxylic acids is 3. The van der Waals surface area contributed by atoms with Gasteiger partial charge in [0.25, 0.3) is 0 Å². The van der Waals surface area contributed by atoms with Gasteiger partial charge in [0.05, 0.1) is 36.6 Å². The molecular weight excluding hydrogens is 667 g/mol. The largest absolute Gasteiger partial charge is 0.466 e. The Kier molecular flexibility index (Phi) is 14.0. The van der Waals surface area contributed by atoms with Crippen LogP contribution in [0.5, 0.6) is 0 Å². The Labute approximate surface area is 314 Å². The van der Waals surface area contributed by atoms with E-state index in [9.17, 15) is 14.4 Å². The lowest BCUT2D eigenvalue weighted by molar-refractivity contribution is -0.142. The Morgan fingerprint density at radius 1 is 0.906 bits per heavy atom. The summed E-state index contributed by atoms with van der Waals surface area (Å²) in [4.78, 5) is 56.8. The zero-order chi connectivity index (χ0) is 39.0. The number of nitrogens with zero attached hydrogens (tertiary/aromatic N) is 3. The highest BCUT2D eigenvalue weighted by atomic mass is 16.5. The molecule has 53 heavy (non-hydrogen) atoms. The van der Waals surface area contributed by atoms with Crippen molar-refractivity contribution in [3.05, 3.63) is 75.4 Å². The van der Waals surface area contributed by atoms with Crippen molar-refractivity contribution in [3.8, 4) is 0 Å². The molecule has 3 aromatic rings. The van der Waals surface area contributed by atoms with Gasteiger partial charge >= 0.3 is 11.9 Å². The van der Waals surface area contributed by atoms with Gasteiger partial charge in [-0.1, -0.05) is 46.8 Å². The molecule has 10 heteroatoms. The molecule has 2 aliphatic heterocycles. The van der Waals surface area contributed by atoms with Crippen molar-refractivity contribution >= 4 is 57.1 Å². The van der Waals surface area contributed by atoms with E-state index in [1.807, 2.05) is 26.1 Å². The molecule has 0 spiro atoms. The van der Waals surface area contributed by atoms with Gasteiger partial charge < -0.3 is 24.3 Å². The van der Waals surface area contributed by atoms with Gasteiger partial charge in [0, 0.05) is 70.5 Å². The first-order valence-corrected chi connectivity index (χ1v) is 19.0. The standard InChI is InChI=1S/C38H47N5O3.C5H10O2/c1-10-14-15-43(9)35(44)17-27-32-16-21(5)28(39-32)18-29-22(6)25(11-2)33(40-29)19-30-23(7)26(12-3)34(41-30)20-31-24(8)36(37(27)42-31)38(45)46-13-4;1-3-5(6)7-4-2/h11,18-21,40-41H,2,10,12-17H2,1,3-9H3;3-4H2,1-2H3. The number of carbonyl (C=O) groups is 3. The highest BCUT2D eigenvalue weighted by molar-refractivity contribution is 6.25. The number of hydrogen-bond acceptors (Lipinski definition) is 7. The predicted molar refractivity (Wildman–Crippen MR) is 214 cm³/mol. The molecule has 5 rings (SSSR count). The molecular formula is C43H57N5O5. The van der Waals surface area contributed by atoms with Crippen LogP contribution in [0.4, 0.5) is 0 Å². The number of hydrogen-bond donors (Lipinski definition) is 2. The lowest BCUT2D eigenvalue weighted by Gasteiger charge is -2.18. The van der Waals surface area contributed by atoms with E-state index in [1.54, 1.807) is 25.7 Å². The van der Waals surface area contributed by atoms with E-state index in [2.05, 4.69) is 68.0 Å². The predicted octanol–water partition coefficient (Wildman–Crippen LogP) is 8.74. The van der Waals surface area contributed by atoms with E-state index in [4.69, 9.17) is 14.7 Å². The average Bonchev–Trinajstić information content (AvgIpc) is 3.84. The van der Waals surface area contributed by atoms with Gasteiger partial charge in [-0.3, -0.25) is 14.6 Å². The number of nitrogens with one attached hydrogen (secondary N) is 2. The Morgan fingerprint density at radius 2 is 1.58 bits per heavy atom. The molecule has 0 aromatic carbocycles. The van der Waals surface area contributed by atoms with Crippen molar-refractivity contribution in [1.82, 2.24) is 24.8 Å². The van der Waals surface area contributed by atoms with Crippen LogP contribution < -0.4 is 0 Å². The minimum absolute atomic E-state index is 0.0273. The van der Waals surface area contributed by atoms with Gasteiger partial charge in [-0.2, -0.15) is 0 Å². The van der Waals surface area contributed by atoms with Crippen LogP contribution in [0.15, 0.2) is 24.8 Å². The van der Waals surface area contributed by atoms with E-state index in [1.165, 1.54) is 5.56 Å². The molecule has 0 aliphatic carbocycles. The molecule has 1 atom stereocenters. The second-order valence-electron chi connectivity index (χ2n) is 13.7. The zero-order valence-electron chi connectivity index (χ0n) is 33.3. The zero-order valence-corrected chi connectivity index (χ0v) is 33.3. The summed E-state index contributed by atoms with van der Waals surface area (Å²) in [5.41, 5.74) is 13.0. The normalized spacial score (nSPS) is 13.7. The maximum atomic E-state index is 13.7. The molecule has 1 unspecified atom stereocenters. The molecule has 2 N–H and O–H groups in total. The fraction of sp³-hybridized carbons (Fsp3) is 0.465. The van der Waals surface area contributed by atoms with Crippen LogP contribution in [0, 0.1) is 13.8 Å². The smallest absolute Gasteiger partial charge is 0.340 e. The van der Waals surface area contributed by atoms with Crippen molar-refractivity contribution < 1.29 is 23.9 Å². The number of amides is 1. The van der Waals surface area contributed by atoms with Crippen molar-refractivity contribution in [3.63, 3.8) is 0 Å². The van der Waals surface area contributed by atoms with Gasteiger partial charge in [-0.05, 0) is 94.3 Å². The topological polar surface area (TPSA) is 130 Å². The molecule has 0 radical (unpaired) electrons. The lowest BCUT2D eigenvalue weighted by Crippen LogP contribution is -2.29.